The summed E-state index contributed by atoms with van der Waals surface area (Å²) >= 11 is 1.29. The van der Waals surface area contributed by atoms with Gasteiger partial charge in [0.2, 0.25) is 5.91 Å². The Labute approximate surface area is 168 Å². The molecule has 0 aliphatic heterocycles. The molecule has 1 amide bonds. The standard InChI is InChI=1S/C21H23N3O3S/c1-15(19(25)23(2)16-9-5-4-6-10-16)28-21-22-18-12-8-7-11-17(18)20(26)24(21)13-14-27-3/h4-12,15H,13-14H2,1-3H3. The van der Waals surface area contributed by atoms with Crippen molar-refractivity contribution in [3.8, 4) is 0 Å². The zero-order valence-corrected chi connectivity index (χ0v) is 17.0. The topological polar surface area (TPSA) is 64.4 Å². The number of carbonyl (C=O) groups excluding carboxylic acids is 1. The molecule has 146 valence electrons. The van der Waals surface area contributed by atoms with Crippen molar-refractivity contribution >= 4 is 34.3 Å². The largest absolute Gasteiger partial charge is 0.383 e. The van der Waals surface area contributed by atoms with Crippen LogP contribution in [0.2, 0.25) is 0 Å². The van der Waals surface area contributed by atoms with Crippen LogP contribution in [-0.2, 0) is 16.1 Å². The molecule has 2 aromatic carbocycles. The molecule has 1 unspecified atom stereocenters. The maximum absolute atomic E-state index is 12.9. The van der Waals surface area contributed by atoms with Crippen molar-refractivity contribution in [1.29, 1.82) is 0 Å². The molecule has 0 bridgehead atoms. The van der Waals surface area contributed by atoms with Crippen molar-refractivity contribution in [2.45, 2.75) is 23.9 Å². The summed E-state index contributed by atoms with van der Waals surface area (Å²) in [6, 6.07) is 16.7. The van der Waals surface area contributed by atoms with E-state index in [9.17, 15) is 9.59 Å². The average Bonchev–Trinajstić information content (AvgIpc) is 2.73. The van der Waals surface area contributed by atoms with Crippen LogP contribution < -0.4 is 10.5 Å². The van der Waals surface area contributed by atoms with E-state index in [4.69, 9.17) is 4.74 Å². The summed E-state index contributed by atoms with van der Waals surface area (Å²) in [6.45, 7) is 2.60. The van der Waals surface area contributed by atoms with E-state index < -0.39 is 5.25 Å². The fourth-order valence-electron chi connectivity index (χ4n) is 2.88. The maximum Gasteiger partial charge on any atom is 0.262 e. The number of hydrogen-bond acceptors (Lipinski definition) is 5. The van der Waals surface area contributed by atoms with Gasteiger partial charge in [-0.05, 0) is 31.2 Å². The van der Waals surface area contributed by atoms with Gasteiger partial charge in [0.15, 0.2) is 5.16 Å². The highest BCUT2D eigenvalue weighted by atomic mass is 32.2. The number of fused-ring (bicyclic) bond motifs is 1. The molecule has 0 saturated carbocycles. The highest BCUT2D eigenvalue weighted by Gasteiger charge is 2.22. The van der Waals surface area contributed by atoms with E-state index in [2.05, 4.69) is 4.98 Å². The highest BCUT2D eigenvalue weighted by Crippen LogP contribution is 2.25. The Balaban J connectivity index is 1.91. The molecule has 0 aliphatic carbocycles. The second-order valence-electron chi connectivity index (χ2n) is 6.35. The Hall–Kier alpha value is -2.64. The summed E-state index contributed by atoms with van der Waals surface area (Å²) in [4.78, 5) is 32.1. The number of amides is 1. The van der Waals surface area contributed by atoms with Gasteiger partial charge in [-0.15, -0.1) is 0 Å². The monoisotopic (exact) mass is 397 g/mol. The second-order valence-corrected chi connectivity index (χ2v) is 7.66. The summed E-state index contributed by atoms with van der Waals surface area (Å²) < 4.78 is 6.73. The minimum Gasteiger partial charge on any atom is -0.383 e. The maximum atomic E-state index is 12.9. The van der Waals surface area contributed by atoms with Crippen molar-refractivity contribution < 1.29 is 9.53 Å². The van der Waals surface area contributed by atoms with Gasteiger partial charge in [0.1, 0.15) is 0 Å². The zero-order valence-electron chi connectivity index (χ0n) is 16.2. The molecule has 7 heteroatoms. The number of anilines is 1. The van der Waals surface area contributed by atoms with E-state index in [1.807, 2.05) is 55.5 Å². The van der Waals surface area contributed by atoms with Crippen LogP contribution in [-0.4, -0.2) is 41.5 Å². The quantitative estimate of drug-likeness (QED) is 0.453. The van der Waals surface area contributed by atoms with Crippen LogP contribution in [0.15, 0.2) is 64.5 Å². The van der Waals surface area contributed by atoms with Gasteiger partial charge in [-0.3, -0.25) is 14.2 Å². The van der Waals surface area contributed by atoms with Crippen LogP contribution in [0.5, 0.6) is 0 Å². The van der Waals surface area contributed by atoms with Gasteiger partial charge < -0.3 is 9.64 Å². The van der Waals surface area contributed by atoms with Gasteiger partial charge in [-0.2, -0.15) is 0 Å². The number of aromatic nitrogens is 2. The summed E-state index contributed by atoms with van der Waals surface area (Å²) in [5.74, 6) is -0.0584. The number of benzene rings is 2. The normalized spacial score (nSPS) is 12.1. The number of thioether (sulfide) groups is 1. The van der Waals surface area contributed by atoms with Crippen LogP contribution in [0.3, 0.4) is 0 Å². The lowest BCUT2D eigenvalue weighted by Gasteiger charge is -2.22. The Bertz CT molecular complexity index is 1020. The third-order valence-corrected chi connectivity index (χ3v) is 5.53. The van der Waals surface area contributed by atoms with E-state index >= 15 is 0 Å². The molecular formula is C21H23N3O3S. The Morgan fingerprint density at radius 1 is 1.18 bits per heavy atom. The lowest BCUT2D eigenvalue weighted by atomic mass is 10.2. The van der Waals surface area contributed by atoms with Gasteiger partial charge in [-0.1, -0.05) is 42.1 Å². The smallest absolute Gasteiger partial charge is 0.262 e. The number of rotatable bonds is 7. The molecule has 0 saturated heterocycles. The van der Waals surface area contributed by atoms with E-state index in [0.29, 0.717) is 29.2 Å². The average molecular weight is 398 g/mol. The van der Waals surface area contributed by atoms with Crippen LogP contribution in [0.4, 0.5) is 5.69 Å². The summed E-state index contributed by atoms with van der Waals surface area (Å²) in [5.41, 5.74) is 1.32. The molecule has 3 aromatic rings. The van der Waals surface area contributed by atoms with Crippen molar-refractivity contribution in [1.82, 2.24) is 9.55 Å². The van der Waals surface area contributed by atoms with Gasteiger partial charge in [0, 0.05) is 19.8 Å². The molecule has 28 heavy (non-hydrogen) atoms. The first-order valence-corrected chi connectivity index (χ1v) is 9.88. The molecule has 1 aromatic heterocycles. The fraction of sp³-hybridized carbons (Fsp3) is 0.286. The molecule has 3 rings (SSSR count). The fourth-order valence-corrected chi connectivity index (χ4v) is 3.91. The van der Waals surface area contributed by atoms with E-state index in [0.717, 1.165) is 5.69 Å². The van der Waals surface area contributed by atoms with Crippen LogP contribution in [0, 0.1) is 0 Å². The molecule has 1 atom stereocenters. The van der Waals surface area contributed by atoms with E-state index in [1.54, 1.807) is 29.7 Å². The van der Waals surface area contributed by atoms with Crippen molar-refractivity contribution in [3.63, 3.8) is 0 Å². The summed E-state index contributed by atoms with van der Waals surface area (Å²) in [5, 5.41) is 0.665. The number of ether oxygens (including phenoxy) is 1. The predicted octanol–water partition coefficient (Wildman–Crippen LogP) is 3.19. The van der Waals surface area contributed by atoms with Crippen molar-refractivity contribution in [2.24, 2.45) is 0 Å². The first-order valence-electron chi connectivity index (χ1n) is 9.00. The van der Waals surface area contributed by atoms with E-state index in [1.165, 1.54) is 11.8 Å². The van der Waals surface area contributed by atoms with Gasteiger partial charge in [0.25, 0.3) is 5.56 Å². The third-order valence-electron chi connectivity index (χ3n) is 4.45. The third kappa shape index (κ3) is 4.26. The molecule has 0 N–H and O–H groups in total. The first-order chi connectivity index (χ1) is 13.5. The molecular weight excluding hydrogens is 374 g/mol. The first kappa shape index (κ1) is 20.1. The van der Waals surface area contributed by atoms with Crippen molar-refractivity contribution in [3.05, 3.63) is 65.0 Å². The minimum absolute atomic E-state index is 0.0584. The molecule has 0 radical (unpaired) electrons. The van der Waals surface area contributed by atoms with Gasteiger partial charge >= 0.3 is 0 Å². The summed E-state index contributed by atoms with van der Waals surface area (Å²) in [7, 11) is 3.34. The van der Waals surface area contributed by atoms with Crippen LogP contribution >= 0.6 is 11.8 Å². The van der Waals surface area contributed by atoms with Gasteiger partial charge in [0.05, 0.1) is 29.3 Å². The lowest BCUT2D eigenvalue weighted by molar-refractivity contribution is -0.117. The molecule has 0 aliphatic rings. The number of methoxy groups -OCH3 is 1. The number of nitrogens with zero attached hydrogens (tertiary/aromatic N) is 3. The van der Waals surface area contributed by atoms with Crippen LogP contribution in [0.25, 0.3) is 10.9 Å². The zero-order chi connectivity index (χ0) is 20.1. The molecule has 0 fully saturated rings. The second kappa shape index (κ2) is 9.03. The van der Waals surface area contributed by atoms with E-state index in [-0.39, 0.29) is 11.5 Å². The predicted molar refractivity (Wildman–Crippen MR) is 113 cm³/mol. The van der Waals surface area contributed by atoms with Crippen molar-refractivity contribution in [2.75, 3.05) is 25.7 Å². The number of para-hydroxylation sites is 2. The lowest BCUT2D eigenvalue weighted by Crippen LogP contribution is -2.34. The number of carbonyl (C=O) groups is 1. The Morgan fingerprint density at radius 2 is 1.86 bits per heavy atom. The highest BCUT2D eigenvalue weighted by molar-refractivity contribution is 8.00. The molecule has 1 heterocycles. The number of hydrogen-bond donors (Lipinski definition) is 0. The van der Waals surface area contributed by atoms with Crippen LogP contribution in [0.1, 0.15) is 6.92 Å². The Kier molecular flexibility index (Phi) is 6.49. The SMILES string of the molecule is COCCn1c(SC(C)C(=O)N(C)c2ccccc2)nc2ccccc2c1=O. The molecule has 6 nitrogen and oxygen atoms in total. The molecule has 0 spiro atoms. The Morgan fingerprint density at radius 3 is 2.57 bits per heavy atom. The van der Waals surface area contributed by atoms with Gasteiger partial charge in [-0.25, -0.2) is 4.98 Å². The minimum atomic E-state index is -0.410. The summed E-state index contributed by atoms with van der Waals surface area (Å²) in [6.07, 6.45) is 0.